The molecule has 1 aromatic carbocycles. The summed E-state index contributed by atoms with van der Waals surface area (Å²) in [6.45, 7) is 3.81. The van der Waals surface area contributed by atoms with Crippen molar-refractivity contribution in [3.05, 3.63) is 17.4 Å². The minimum atomic E-state index is -0.642. The van der Waals surface area contributed by atoms with E-state index in [0.717, 1.165) is 26.2 Å². The first-order valence-electron chi connectivity index (χ1n) is 6.22. The molecule has 0 radical (unpaired) electrons. The summed E-state index contributed by atoms with van der Waals surface area (Å²) in [6, 6.07) is 1.23. The molecule has 0 aromatic heterocycles. The molecule has 1 aliphatic rings. The van der Waals surface area contributed by atoms with Crippen LogP contribution >= 0.6 is 0 Å². The first-order chi connectivity index (χ1) is 9.17. The summed E-state index contributed by atoms with van der Waals surface area (Å²) in [5, 5.41) is 12.9. The first kappa shape index (κ1) is 13.9. The Hall–Kier alpha value is -1.53. The van der Waals surface area contributed by atoms with Crippen molar-refractivity contribution in [3.8, 4) is 17.2 Å². The molecule has 0 aliphatic carbocycles. The Labute approximate surface area is 111 Å². The summed E-state index contributed by atoms with van der Waals surface area (Å²) in [6.07, 6.45) is 0. The fourth-order valence-corrected chi connectivity index (χ4v) is 2.27. The van der Waals surface area contributed by atoms with E-state index in [4.69, 9.17) is 9.47 Å². The van der Waals surface area contributed by atoms with Crippen molar-refractivity contribution >= 4 is 0 Å². The van der Waals surface area contributed by atoms with Crippen LogP contribution in [-0.2, 0) is 6.54 Å². The van der Waals surface area contributed by atoms with Gasteiger partial charge in [0, 0.05) is 38.8 Å². The number of ether oxygens (including phenoxy) is 2. The minimum Gasteiger partial charge on any atom is -0.505 e. The number of aromatic hydroxyl groups is 1. The van der Waals surface area contributed by atoms with Gasteiger partial charge in [-0.1, -0.05) is 0 Å². The zero-order chi connectivity index (χ0) is 13.8. The molecule has 0 amide bonds. The fourth-order valence-electron chi connectivity index (χ4n) is 2.27. The minimum absolute atomic E-state index is 0.334. The summed E-state index contributed by atoms with van der Waals surface area (Å²) in [5.74, 6) is -0.373. The van der Waals surface area contributed by atoms with Crippen LogP contribution in [0.25, 0.3) is 0 Å². The van der Waals surface area contributed by atoms with Crippen LogP contribution in [0.1, 0.15) is 5.56 Å². The van der Waals surface area contributed by atoms with Crippen molar-refractivity contribution in [2.45, 2.75) is 6.54 Å². The highest BCUT2D eigenvalue weighted by Gasteiger charge is 2.22. The SMILES string of the molecule is COc1cc(O)c(F)c(CN2CCNCC2)c1OC. The normalized spacial score (nSPS) is 16.4. The van der Waals surface area contributed by atoms with Gasteiger partial charge in [0.15, 0.2) is 23.1 Å². The predicted octanol–water partition coefficient (Wildman–Crippen LogP) is 0.954. The number of phenols is 1. The molecule has 106 valence electrons. The summed E-state index contributed by atoms with van der Waals surface area (Å²) in [4.78, 5) is 2.11. The highest BCUT2D eigenvalue weighted by molar-refractivity contribution is 5.52. The molecule has 1 saturated heterocycles. The summed E-state index contributed by atoms with van der Waals surface area (Å²) < 4.78 is 24.4. The van der Waals surface area contributed by atoms with Gasteiger partial charge in [-0.15, -0.1) is 0 Å². The van der Waals surface area contributed by atoms with E-state index < -0.39 is 11.6 Å². The average molecular weight is 270 g/mol. The molecule has 1 aromatic rings. The van der Waals surface area contributed by atoms with Gasteiger partial charge in [0.1, 0.15) is 0 Å². The van der Waals surface area contributed by atoms with E-state index in [1.54, 1.807) is 0 Å². The zero-order valence-corrected chi connectivity index (χ0v) is 11.2. The molecule has 1 fully saturated rings. The van der Waals surface area contributed by atoms with Crippen LogP contribution in [0.15, 0.2) is 6.07 Å². The van der Waals surface area contributed by atoms with E-state index in [9.17, 15) is 9.50 Å². The van der Waals surface area contributed by atoms with Crippen molar-refractivity contribution < 1.29 is 19.0 Å². The molecule has 19 heavy (non-hydrogen) atoms. The Kier molecular flexibility index (Phi) is 4.44. The van der Waals surface area contributed by atoms with Gasteiger partial charge in [0.2, 0.25) is 0 Å². The van der Waals surface area contributed by atoms with Crippen molar-refractivity contribution in [1.82, 2.24) is 10.2 Å². The lowest BCUT2D eigenvalue weighted by molar-refractivity contribution is 0.224. The largest absolute Gasteiger partial charge is 0.505 e. The molecule has 2 rings (SSSR count). The summed E-state index contributed by atoms with van der Waals surface area (Å²) in [7, 11) is 2.93. The van der Waals surface area contributed by atoms with Gasteiger partial charge in [-0.05, 0) is 0 Å². The second kappa shape index (κ2) is 6.08. The van der Waals surface area contributed by atoms with Crippen molar-refractivity contribution in [3.63, 3.8) is 0 Å². The average Bonchev–Trinajstić information content (AvgIpc) is 2.44. The third-order valence-corrected chi connectivity index (χ3v) is 3.27. The molecule has 2 N–H and O–H groups in total. The lowest BCUT2D eigenvalue weighted by Crippen LogP contribution is -2.43. The Morgan fingerprint density at radius 2 is 2.00 bits per heavy atom. The Morgan fingerprint density at radius 1 is 1.32 bits per heavy atom. The third-order valence-electron chi connectivity index (χ3n) is 3.27. The van der Waals surface area contributed by atoms with Crippen LogP contribution in [-0.4, -0.2) is 50.4 Å². The zero-order valence-electron chi connectivity index (χ0n) is 11.2. The van der Waals surface area contributed by atoms with Crippen LogP contribution in [0.4, 0.5) is 4.39 Å². The van der Waals surface area contributed by atoms with Crippen molar-refractivity contribution in [2.24, 2.45) is 0 Å². The number of benzene rings is 1. The van der Waals surface area contributed by atoms with Crippen LogP contribution < -0.4 is 14.8 Å². The molecule has 0 saturated carbocycles. The molecule has 0 atom stereocenters. The van der Waals surface area contributed by atoms with Crippen LogP contribution in [0.5, 0.6) is 17.2 Å². The predicted molar refractivity (Wildman–Crippen MR) is 69.3 cm³/mol. The number of hydrogen-bond donors (Lipinski definition) is 2. The maximum atomic E-state index is 14.1. The molecule has 6 heteroatoms. The standard InChI is InChI=1S/C13H19FN2O3/c1-18-11-7-10(17)12(14)9(13(11)19-2)8-16-5-3-15-4-6-16/h7,15,17H,3-6,8H2,1-2H3. The van der Waals surface area contributed by atoms with E-state index in [1.807, 2.05) is 0 Å². The van der Waals surface area contributed by atoms with E-state index in [1.165, 1.54) is 20.3 Å². The van der Waals surface area contributed by atoms with Crippen LogP contribution in [0, 0.1) is 5.82 Å². The van der Waals surface area contributed by atoms with Gasteiger partial charge in [-0.2, -0.15) is 0 Å². The number of phenolic OH excluding ortho intramolecular Hbond substituents is 1. The molecule has 1 aliphatic heterocycles. The van der Waals surface area contributed by atoms with Crippen molar-refractivity contribution in [1.29, 1.82) is 0 Å². The molecular weight excluding hydrogens is 251 g/mol. The van der Waals surface area contributed by atoms with Gasteiger partial charge in [-0.3, -0.25) is 4.90 Å². The number of rotatable bonds is 4. The number of piperazine rings is 1. The van der Waals surface area contributed by atoms with E-state index in [0.29, 0.717) is 23.6 Å². The Balaban J connectivity index is 2.33. The van der Waals surface area contributed by atoms with Crippen LogP contribution in [0.2, 0.25) is 0 Å². The molecule has 0 bridgehead atoms. The monoisotopic (exact) mass is 270 g/mol. The number of halogens is 1. The first-order valence-corrected chi connectivity index (χ1v) is 6.22. The quantitative estimate of drug-likeness (QED) is 0.853. The second-order valence-electron chi connectivity index (χ2n) is 4.45. The topological polar surface area (TPSA) is 54.0 Å². The Bertz CT molecular complexity index is 448. The number of hydrogen-bond acceptors (Lipinski definition) is 5. The molecule has 0 spiro atoms. The van der Waals surface area contributed by atoms with E-state index in [2.05, 4.69) is 10.2 Å². The van der Waals surface area contributed by atoms with Crippen LogP contribution in [0.3, 0.4) is 0 Å². The smallest absolute Gasteiger partial charge is 0.173 e. The van der Waals surface area contributed by atoms with Gasteiger partial charge >= 0.3 is 0 Å². The third kappa shape index (κ3) is 2.90. The number of nitrogens with zero attached hydrogens (tertiary/aromatic N) is 1. The van der Waals surface area contributed by atoms with Gasteiger partial charge in [0.25, 0.3) is 0 Å². The Morgan fingerprint density at radius 3 is 2.58 bits per heavy atom. The lowest BCUT2D eigenvalue weighted by Gasteiger charge is -2.28. The molecule has 1 heterocycles. The summed E-state index contributed by atoms with van der Waals surface area (Å²) in [5.41, 5.74) is 0.334. The fraction of sp³-hybridized carbons (Fsp3) is 0.538. The lowest BCUT2D eigenvalue weighted by atomic mass is 10.1. The van der Waals surface area contributed by atoms with Gasteiger partial charge in [0.05, 0.1) is 19.8 Å². The maximum absolute atomic E-state index is 14.1. The molecular formula is C13H19FN2O3. The summed E-state index contributed by atoms with van der Waals surface area (Å²) >= 11 is 0. The highest BCUT2D eigenvalue weighted by atomic mass is 19.1. The highest BCUT2D eigenvalue weighted by Crippen LogP contribution is 2.38. The molecule has 5 nitrogen and oxygen atoms in total. The molecule has 0 unspecified atom stereocenters. The number of methoxy groups -OCH3 is 2. The van der Waals surface area contributed by atoms with Gasteiger partial charge in [-0.25, -0.2) is 4.39 Å². The number of nitrogens with one attached hydrogen (secondary N) is 1. The van der Waals surface area contributed by atoms with E-state index >= 15 is 0 Å². The second-order valence-corrected chi connectivity index (χ2v) is 4.45. The van der Waals surface area contributed by atoms with E-state index in [-0.39, 0.29) is 0 Å². The van der Waals surface area contributed by atoms with Gasteiger partial charge < -0.3 is 19.9 Å². The van der Waals surface area contributed by atoms with Crippen molar-refractivity contribution in [2.75, 3.05) is 40.4 Å². The maximum Gasteiger partial charge on any atom is 0.173 e.